The summed E-state index contributed by atoms with van der Waals surface area (Å²) < 4.78 is 36.2. The van der Waals surface area contributed by atoms with Gasteiger partial charge in [0.25, 0.3) is 0 Å². The van der Waals surface area contributed by atoms with Crippen LogP contribution < -0.4 is 9.47 Å². The van der Waals surface area contributed by atoms with Gasteiger partial charge in [-0.1, -0.05) is 0 Å². The lowest BCUT2D eigenvalue weighted by Crippen LogP contribution is -2.39. The second kappa shape index (κ2) is 5.99. The van der Waals surface area contributed by atoms with Gasteiger partial charge in [0, 0.05) is 19.7 Å². The first-order valence-electron chi connectivity index (χ1n) is 6.02. The first-order valence-corrected chi connectivity index (χ1v) is 7.46. The van der Waals surface area contributed by atoms with Gasteiger partial charge in [-0.15, -0.1) is 0 Å². The largest absolute Gasteiger partial charge is 0.497 e. The molecule has 0 amide bonds. The molecule has 1 rings (SSSR count). The summed E-state index contributed by atoms with van der Waals surface area (Å²) in [6.45, 7) is 3.07. The number of sulfonamides is 1. The summed E-state index contributed by atoms with van der Waals surface area (Å²) in [6.07, 6.45) is 0. The fraction of sp³-hybridized carbons (Fsp3) is 0.538. The van der Waals surface area contributed by atoms with Crippen molar-refractivity contribution in [2.75, 3.05) is 27.8 Å². The van der Waals surface area contributed by atoms with Crippen LogP contribution in [0.2, 0.25) is 0 Å². The topological polar surface area (TPSA) is 76.1 Å². The predicted octanol–water partition coefficient (Wildman–Crippen LogP) is 1.10. The summed E-state index contributed by atoms with van der Waals surface area (Å²) in [6, 6.07) is 4.48. The van der Waals surface area contributed by atoms with Crippen molar-refractivity contribution in [3.8, 4) is 11.5 Å². The number of likely N-dealkylation sites (N-methyl/N-ethyl adjacent to an activating group) is 1. The average molecular weight is 303 g/mol. The van der Waals surface area contributed by atoms with E-state index in [1.807, 2.05) is 0 Å². The van der Waals surface area contributed by atoms with Gasteiger partial charge in [0.2, 0.25) is 10.0 Å². The van der Waals surface area contributed by atoms with Gasteiger partial charge in [-0.3, -0.25) is 0 Å². The van der Waals surface area contributed by atoms with Crippen molar-refractivity contribution in [3.63, 3.8) is 0 Å². The van der Waals surface area contributed by atoms with E-state index in [1.54, 1.807) is 19.9 Å². The van der Waals surface area contributed by atoms with Crippen LogP contribution in [-0.4, -0.2) is 51.2 Å². The first kappa shape index (κ1) is 16.7. The third-order valence-electron chi connectivity index (χ3n) is 2.67. The zero-order valence-corrected chi connectivity index (χ0v) is 13.2. The molecule has 0 aliphatic rings. The highest BCUT2D eigenvalue weighted by atomic mass is 32.2. The highest BCUT2D eigenvalue weighted by molar-refractivity contribution is 7.89. The van der Waals surface area contributed by atoms with E-state index < -0.39 is 15.6 Å². The molecule has 1 N–H and O–H groups in total. The van der Waals surface area contributed by atoms with Crippen molar-refractivity contribution < 1.29 is 23.0 Å². The lowest BCUT2D eigenvalue weighted by atomic mass is 10.1. The maximum absolute atomic E-state index is 12.5. The van der Waals surface area contributed by atoms with Crippen LogP contribution in [0.5, 0.6) is 11.5 Å². The number of ether oxygens (including phenoxy) is 2. The lowest BCUT2D eigenvalue weighted by molar-refractivity contribution is 0.0639. The highest BCUT2D eigenvalue weighted by Crippen LogP contribution is 2.30. The number of nitrogens with zero attached hydrogens (tertiary/aromatic N) is 1. The van der Waals surface area contributed by atoms with Crippen LogP contribution in [0.25, 0.3) is 0 Å². The molecule has 114 valence electrons. The SMILES string of the molecule is COc1ccc(S(=O)(=O)N(C)CC(C)(C)O)c(OC)c1. The van der Waals surface area contributed by atoms with E-state index in [2.05, 4.69) is 0 Å². The molecule has 0 bridgehead atoms. The van der Waals surface area contributed by atoms with Crippen LogP contribution in [-0.2, 0) is 10.0 Å². The molecule has 0 atom stereocenters. The van der Waals surface area contributed by atoms with E-state index in [-0.39, 0.29) is 17.2 Å². The summed E-state index contributed by atoms with van der Waals surface area (Å²) in [4.78, 5) is 0.0348. The number of hydrogen-bond donors (Lipinski definition) is 1. The predicted molar refractivity (Wildman–Crippen MR) is 75.7 cm³/mol. The maximum atomic E-state index is 12.5. The number of rotatable bonds is 6. The molecular formula is C13H21NO5S. The van der Waals surface area contributed by atoms with Gasteiger partial charge in [-0.2, -0.15) is 4.31 Å². The molecule has 1 aromatic carbocycles. The Morgan fingerprint density at radius 3 is 2.30 bits per heavy atom. The Bertz CT molecular complexity index is 563. The number of methoxy groups -OCH3 is 2. The van der Waals surface area contributed by atoms with Crippen LogP contribution >= 0.6 is 0 Å². The van der Waals surface area contributed by atoms with Crippen LogP contribution in [0.4, 0.5) is 0 Å². The van der Waals surface area contributed by atoms with Crippen molar-refractivity contribution in [2.45, 2.75) is 24.3 Å². The standard InChI is InChI=1S/C13H21NO5S/c1-13(2,15)9-14(3)20(16,17)12-7-6-10(18-4)8-11(12)19-5/h6-8,15H,9H2,1-5H3. The third-order valence-corrected chi connectivity index (χ3v) is 4.51. The average Bonchev–Trinajstić information content (AvgIpc) is 2.35. The van der Waals surface area contributed by atoms with Crippen LogP contribution in [0, 0.1) is 0 Å². The summed E-state index contributed by atoms with van der Waals surface area (Å²) in [7, 11) is 0.549. The fourth-order valence-electron chi connectivity index (χ4n) is 1.79. The molecule has 0 aliphatic carbocycles. The van der Waals surface area contributed by atoms with Crippen molar-refractivity contribution in [1.29, 1.82) is 0 Å². The van der Waals surface area contributed by atoms with E-state index in [9.17, 15) is 13.5 Å². The smallest absolute Gasteiger partial charge is 0.246 e. The molecular weight excluding hydrogens is 282 g/mol. The molecule has 20 heavy (non-hydrogen) atoms. The number of benzene rings is 1. The zero-order chi connectivity index (χ0) is 15.6. The highest BCUT2D eigenvalue weighted by Gasteiger charge is 2.29. The molecule has 0 fully saturated rings. The minimum atomic E-state index is -3.75. The Morgan fingerprint density at radius 2 is 1.85 bits per heavy atom. The van der Waals surface area contributed by atoms with Crippen molar-refractivity contribution in [2.24, 2.45) is 0 Å². The third kappa shape index (κ3) is 3.84. The van der Waals surface area contributed by atoms with Gasteiger partial charge in [0.05, 0.1) is 19.8 Å². The molecule has 0 unspecified atom stereocenters. The van der Waals surface area contributed by atoms with E-state index in [4.69, 9.17) is 9.47 Å². The molecule has 0 saturated carbocycles. The molecule has 0 spiro atoms. The van der Waals surface area contributed by atoms with E-state index in [0.29, 0.717) is 5.75 Å². The molecule has 6 nitrogen and oxygen atoms in total. The summed E-state index contributed by atoms with van der Waals surface area (Å²) >= 11 is 0. The molecule has 0 radical (unpaired) electrons. The van der Waals surface area contributed by atoms with Crippen molar-refractivity contribution in [3.05, 3.63) is 18.2 Å². The van der Waals surface area contributed by atoms with Crippen LogP contribution in [0.3, 0.4) is 0 Å². The minimum absolute atomic E-state index is 0.0233. The second-order valence-corrected chi connectivity index (χ2v) is 7.10. The Hall–Kier alpha value is -1.31. The fourth-order valence-corrected chi connectivity index (χ4v) is 3.24. The van der Waals surface area contributed by atoms with Crippen molar-refractivity contribution in [1.82, 2.24) is 4.31 Å². The Balaban J connectivity index is 3.21. The molecule has 7 heteroatoms. The Morgan fingerprint density at radius 1 is 1.25 bits per heavy atom. The molecule has 0 saturated heterocycles. The molecule has 0 aromatic heterocycles. The first-order chi connectivity index (χ1) is 9.11. The quantitative estimate of drug-likeness (QED) is 0.851. The lowest BCUT2D eigenvalue weighted by Gasteiger charge is -2.25. The second-order valence-electron chi connectivity index (χ2n) is 5.09. The summed E-state index contributed by atoms with van der Waals surface area (Å²) in [5.41, 5.74) is -1.12. The van der Waals surface area contributed by atoms with Crippen LogP contribution in [0.1, 0.15) is 13.8 Å². The van der Waals surface area contributed by atoms with Gasteiger partial charge in [0.1, 0.15) is 16.4 Å². The number of aliphatic hydroxyl groups is 1. The van der Waals surface area contributed by atoms with Gasteiger partial charge < -0.3 is 14.6 Å². The van der Waals surface area contributed by atoms with E-state index in [1.165, 1.54) is 33.4 Å². The summed E-state index contributed by atoms with van der Waals surface area (Å²) in [5.74, 6) is 0.706. The van der Waals surface area contributed by atoms with Gasteiger partial charge >= 0.3 is 0 Å². The van der Waals surface area contributed by atoms with Crippen LogP contribution in [0.15, 0.2) is 23.1 Å². The zero-order valence-electron chi connectivity index (χ0n) is 12.4. The van der Waals surface area contributed by atoms with Gasteiger partial charge in [-0.05, 0) is 26.0 Å². The van der Waals surface area contributed by atoms with E-state index >= 15 is 0 Å². The van der Waals surface area contributed by atoms with E-state index in [0.717, 1.165) is 4.31 Å². The maximum Gasteiger partial charge on any atom is 0.246 e. The Kier molecular flexibility index (Phi) is 5.01. The summed E-state index contributed by atoms with van der Waals surface area (Å²) in [5, 5.41) is 9.75. The Labute approximate surface area is 120 Å². The molecule has 1 aromatic rings. The molecule has 0 heterocycles. The normalized spacial score (nSPS) is 12.6. The van der Waals surface area contributed by atoms with Gasteiger partial charge in [-0.25, -0.2) is 8.42 Å². The minimum Gasteiger partial charge on any atom is -0.497 e. The van der Waals surface area contributed by atoms with Gasteiger partial charge in [0.15, 0.2) is 0 Å². The van der Waals surface area contributed by atoms with Crippen molar-refractivity contribution >= 4 is 10.0 Å². The monoisotopic (exact) mass is 303 g/mol. The molecule has 0 aliphatic heterocycles. The number of hydrogen-bond acceptors (Lipinski definition) is 5.